The summed E-state index contributed by atoms with van der Waals surface area (Å²) in [6, 6.07) is 19.4. The first-order valence-corrected chi connectivity index (χ1v) is 13.7. The van der Waals surface area contributed by atoms with Gasteiger partial charge in [0.1, 0.15) is 4.83 Å². The Labute approximate surface area is 213 Å². The highest BCUT2D eigenvalue weighted by molar-refractivity contribution is 7.99. The molecule has 0 unspecified atom stereocenters. The molecular weight excluding hydrogens is 474 g/mol. The number of carbonyl (C=O) groups is 1. The highest BCUT2D eigenvalue weighted by Crippen LogP contribution is 2.47. The number of amides is 1. The van der Waals surface area contributed by atoms with Crippen LogP contribution in [-0.2, 0) is 17.8 Å². The van der Waals surface area contributed by atoms with E-state index in [1.807, 2.05) is 60.7 Å². The second-order valence-electron chi connectivity index (χ2n) is 9.99. The van der Waals surface area contributed by atoms with Crippen molar-refractivity contribution >= 4 is 39.2 Å². The molecule has 0 bridgehead atoms. The summed E-state index contributed by atoms with van der Waals surface area (Å²) in [5.41, 5.74) is 3.08. The molecule has 0 aliphatic heterocycles. The average Bonchev–Trinajstić information content (AvgIpc) is 3.20. The Morgan fingerprint density at radius 3 is 2.54 bits per heavy atom. The Kier molecular flexibility index (Phi) is 6.55. The van der Waals surface area contributed by atoms with Gasteiger partial charge in [0.05, 0.1) is 16.8 Å². The summed E-state index contributed by atoms with van der Waals surface area (Å²) in [5, 5.41) is 4.25. The molecule has 0 saturated heterocycles. The number of carbonyl (C=O) groups excluding carboxylic acids is 1. The molecule has 180 valence electrons. The number of hydrogen-bond acceptors (Lipinski definition) is 5. The molecule has 0 spiro atoms. The van der Waals surface area contributed by atoms with Gasteiger partial charge < -0.3 is 5.32 Å². The second-order valence-corrected chi connectivity index (χ2v) is 12.0. The van der Waals surface area contributed by atoms with Gasteiger partial charge in [-0.15, -0.1) is 11.3 Å². The van der Waals surface area contributed by atoms with Gasteiger partial charge in [0.25, 0.3) is 5.56 Å². The molecule has 1 N–H and O–H groups in total. The number of thioether (sulfide) groups is 1. The van der Waals surface area contributed by atoms with Gasteiger partial charge in [0, 0.05) is 11.4 Å². The van der Waals surface area contributed by atoms with Crippen LogP contribution in [0, 0.1) is 5.41 Å². The first-order valence-electron chi connectivity index (χ1n) is 11.9. The zero-order valence-electron chi connectivity index (χ0n) is 20.2. The van der Waals surface area contributed by atoms with Crippen LogP contribution in [0.1, 0.15) is 49.1 Å². The number of hydrogen-bond donors (Lipinski definition) is 1. The van der Waals surface area contributed by atoms with E-state index in [9.17, 15) is 9.59 Å². The molecule has 1 aliphatic carbocycles. The number of nitrogens with zero attached hydrogens (tertiary/aromatic N) is 2. The van der Waals surface area contributed by atoms with E-state index in [-0.39, 0.29) is 22.6 Å². The predicted molar refractivity (Wildman–Crippen MR) is 145 cm³/mol. The predicted octanol–water partition coefficient (Wildman–Crippen LogP) is 5.93. The van der Waals surface area contributed by atoms with E-state index < -0.39 is 0 Å². The highest BCUT2D eigenvalue weighted by atomic mass is 32.2. The minimum absolute atomic E-state index is 0.0456. The zero-order chi connectivity index (χ0) is 24.6. The van der Waals surface area contributed by atoms with Crippen molar-refractivity contribution in [2.45, 2.75) is 51.2 Å². The Hall–Kier alpha value is -2.90. The molecule has 1 amide bonds. The van der Waals surface area contributed by atoms with Gasteiger partial charge >= 0.3 is 0 Å². The van der Waals surface area contributed by atoms with Gasteiger partial charge in [0.2, 0.25) is 5.91 Å². The fraction of sp³-hybridized carbons (Fsp3) is 0.321. The van der Waals surface area contributed by atoms with Crippen LogP contribution in [-0.4, -0.2) is 21.2 Å². The van der Waals surface area contributed by atoms with E-state index in [2.05, 4.69) is 26.1 Å². The Morgan fingerprint density at radius 2 is 1.83 bits per heavy atom. The van der Waals surface area contributed by atoms with Crippen molar-refractivity contribution < 1.29 is 4.79 Å². The van der Waals surface area contributed by atoms with Crippen LogP contribution in [0.3, 0.4) is 0 Å². The monoisotopic (exact) mass is 503 g/mol. The molecule has 5 nitrogen and oxygen atoms in total. The first-order chi connectivity index (χ1) is 16.8. The summed E-state index contributed by atoms with van der Waals surface area (Å²) in [4.78, 5) is 33.6. The number of aromatic nitrogens is 2. The third-order valence-corrected chi connectivity index (χ3v) is 8.76. The molecule has 0 saturated carbocycles. The largest absolute Gasteiger partial charge is 0.351 e. The molecule has 2 aromatic carbocycles. The van der Waals surface area contributed by atoms with E-state index in [1.54, 1.807) is 15.9 Å². The van der Waals surface area contributed by atoms with Gasteiger partial charge in [-0.2, -0.15) is 0 Å². The van der Waals surface area contributed by atoms with E-state index >= 15 is 0 Å². The van der Waals surface area contributed by atoms with E-state index in [4.69, 9.17) is 4.98 Å². The summed E-state index contributed by atoms with van der Waals surface area (Å²) in [5.74, 6) is 0.498. The Bertz CT molecular complexity index is 1430. The van der Waals surface area contributed by atoms with Crippen molar-refractivity contribution in [2.75, 3.05) is 5.75 Å². The molecule has 1 atom stereocenters. The summed E-state index contributed by atoms with van der Waals surface area (Å²) < 4.78 is 1.68. The summed E-state index contributed by atoms with van der Waals surface area (Å²) in [6.07, 6.45) is 1.98. The van der Waals surface area contributed by atoms with Crippen LogP contribution in [0.4, 0.5) is 0 Å². The van der Waals surface area contributed by atoms with Gasteiger partial charge in [-0.3, -0.25) is 14.2 Å². The molecule has 0 radical (unpaired) electrons. The second kappa shape index (κ2) is 9.63. The smallest absolute Gasteiger partial charge is 0.267 e. The normalized spacial score (nSPS) is 16.7. The Balaban J connectivity index is 1.51. The summed E-state index contributed by atoms with van der Waals surface area (Å²) in [6.45, 7) is 7.27. The van der Waals surface area contributed by atoms with Crippen LogP contribution in [0.5, 0.6) is 0 Å². The lowest BCUT2D eigenvalue weighted by atomic mass is 9.72. The molecule has 0 fully saturated rings. The fourth-order valence-electron chi connectivity index (χ4n) is 5.03. The maximum atomic E-state index is 14.0. The van der Waals surface area contributed by atoms with Crippen LogP contribution in [0.25, 0.3) is 15.9 Å². The summed E-state index contributed by atoms with van der Waals surface area (Å²) in [7, 11) is 0. The topological polar surface area (TPSA) is 64.0 Å². The quantitative estimate of drug-likeness (QED) is 0.262. The van der Waals surface area contributed by atoms with Crippen LogP contribution in [0.15, 0.2) is 70.6 Å². The third kappa shape index (κ3) is 4.93. The number of nitrogens with one attached hydrogen (secondary N) is 1. The molecule has 35 heavy (non-hydrogen) atoms. The van der Waals surface area contributed by atoms with Crippen molar-refractivity contribution in [3.63, 3.8) is 0 Å². The van der Waals surface area contributed by atoms with Gasteiger partial charge in [0.15, 0.2) is 5.16 Å². The Morgan fingerprint density at radius 1 is 1.14 bits per heavy atom. The molecular formula is C28H29N3O2S2. The lowest BCUT2D eigenvalue weighted by molar-refractivity contribution is -0.118. The summed E-state index contributed by atoms with van der Waals surface area (Å²) >= 11 is 2.95. The molecule has 2 heterocycles. The van der Waals surface area contributed by atoms with Crippen LogP contribution in [0.2, 0.25) is 0 Å². The minimum atomic E-state index is -0.0892. The molecule has 7 heteroatoms. The number of benzene rings is 2. The number of rotatable bonds is 6. The number of thiophene rings is 1. The maximum absolute atomic E-state index is 14.0. The standard InChI is InChI=1S/C28H29N3O2S2/c1-18-14-28(2,3)15-21-23-25(35-24(18)21)30-27(31(26(23)33)20-12-8-5-9-13-20)34-17-22(32)29-16-19-10-6-4-7-11-19/h4-13,18H,14-17H2,1-3H3,(H,29,32)/t18-/m1/s1. The van der Waals surface area contributed by atoms with Crippen molar-refractivity contribution in [1.29, 1.82) is 0 Å². The van der Waals surface area contributed by atoms with Gasteiger partial charge in [-0.25, -0.2) is 4.98 Å². The number of para-hydroxylation sites is 1. The lowest BCUT2D eigenvalue weighted by Crippen LogP contribution is -2.27. The molecule has 4 aromatic rings. The fourth-order valence-corrected chi connectivity index (χ4v) is 7.16. The zero-order valence-corrected chi connectivity index (χ0v) is 21.8. The van der Waals surface area contributed by atoms with E-state index in [0.29, 0.717) is 17.6 Å². The third-order valence-electron chi connectivity index (χ3n) is 6.47. The average molecular weight is 504 g/mol. The van der Waals surface area contributed by atoms with Gasteiger partial charge in [-0.05, 0) is 47.4 Å². The van der Waals surface area contributed by atoms with Crippen molar-refractivity contribution in [2.24, 2.45) is 5.41 Å². The molecule has 2 aromatic heterocycles. The van der Waals surface area contributed by atoms with E-state index in [0.717, 1.165) is 39.9 Å². The molecule has 5 rings (SSSR count). The van der Waals surface area contributed by atoms with Crippen LogP contribution < -0.4 is 10.9 Å². The maximum Gasteiger partial charge on any atom is 0.267 e. The van der Waals surface area contributed by atoms with E-state index in [1.165, 1.54) is 16.6 Å². The first kappa shape index (κ1) is 23.8. The lowest BCUT2D eigenvalue weighted by Gasteiger charge is -2.33. The van der Waals surface area contributed by atoms with Crippen LogP contribution >= 0.6 is 23.1 Å². The number of fused-ring (bicyclic) bond motifs is 3. The SMILES string of the molecule is C[C@@H]1CC(C)(C)Cc2c1sc1nc(SCC(=O)NCc3ccccc3)n(-c3ccccc3)c(=O)c21. The van der Waals surface area contributed by atoms with Gasteiger partial charge in [-0.1, -0.05) is 81.1 Å². The highest BCUT2D eigenvalue weighted by Gasteiger charge is 2.34. The van der Waals surface area contributed by atoms with Crippen molar-refractivity contribution in [3.05, 3.63) is 87.0 Å². The minimum Gasteiger partial charge on any atom is -0.351 e. The van der Waals surface area contributed by atoms with Crippen molar-refractivity contribution in [3.8, 4) is 5.69 Å². The van der Waals surface area contributed by atoms with Crippen molar-refractivity contribution in [1.82, 2.24) is 14.9 Å². The molecule has 1 aliphatic rings.